The molecule has 1 heterocycles. The van der Waals surface area contributed by atoms with Crippen molar-refractivity contribution in [1.29, 1.82) is 0 Å². The zero-order valence-corrected chi connectivity index (χ0v) is 26.6. The average molecular weight is 586 g/mol. The zero-order chi connectivity index (χ0) is 30.6. The monoisotopic (exact) mass is 585 g/mol. The first-order chi connectivity index (χ1) is 19.7. The Morgan fingerprint density at radius 2 is 1.34 bits per heavy atom. The van der Waals surface area contributed by atoms with Gasteiger partial charge in [-0.1, -0.05) is 111 Å². The van der Waals surface area contributed by atoms with Gasteiger partial charge in [-0.2, -0.15) is 0 Å². The third-order valence-electron chi connectivity index (χ3n) is 8.15. The van der Waals surface area contributed by atoms with Gasteiger partial charge in [0, 0.05) is 13.0 Å². The summed E-state index contributed by atoms with van der Waals surface area (Å²) in [5.74, 6) is -0.365. The molecule has 0 aliphatic carbocycles. The second-order valence-corrected chi connectivity index (χ2v) is 12.4. The lowest BCUT2D eigenvalue weighted by Gasteiger charge is -2.47. The lowest BCUT2D eigenvalue weighted by molar-refractivity contribution is -0.231. The van der Waals surface area contributed by atoms with E-state index in [9.17, 15) is 24.9 Å². The minimum absolute atomic E-state index is 0.103. The molecular formula is C32H63N3O6. The summed E-state index contributed by atoms with van der Waals surface area (Å²) < 4.78 is 6.05. The molecule has 0 saturated carbocycles. The molecule has 0 spiro atoms. The Hall–Kier alpha value is -1.26. The number of carbonyl (C=O) groups excluding carboxylic acids is 2. The molecule has 1 fully saturated rings. The van der Waals surface area contributed by atoms with Gasteiger partial charge in [0.2, 0.25) is 11.8 Å². The minimum Gasteiger partial charge on any atom is -0.394 e. The van der Waals surface area contributed by atoms with Gasteiger partial charge in [0.25, 0.3) is 0 Å². The lowest BCUT2D eigenvalue weighted by atomic mass is 9.94. The van der Waals surface area contributed by atoms with Crippen LogP contribution in [-0.2, 0) is 14.3 Å². The van der Waals surface area contributed by atoms with Crippen molar-refractivity contribution in [1.82, 2.24) is 10.2 Å². The SMILES string of the molecule is CCCCCCCCCCCCN(C(=O)CCCCCCC)C1OC(CO)C(O)C(O)C1NC(=O)C(N)CC(C)C. The number of nitrogens with two attached hydrogens (primary N) is 1. The standard InChI is InChI=1S/C32H63N3O6/c1-5-7-9-11-12-13-14-15-17-19-21-35(27(37)20-18-16-10-8-6-2)32-28(30(39)29(38)26(23-36)41-32)34-31(40)25(33)22-24(3)4/h24-26,28-30,32,36,38-39H,5-23,33H2,1-4H3,(H,34,40). The highest BCUT2D eigenvalue weighted by atomic mass is 16.5. The maximum atomic E-state index is 13.6. The Bertz CT molecular complexity index is 694. The van der Waals surface area contributed by atoms with Crippen molar-refractivity contribution < 1.29 is 29.6 Å². The first kappa shape index (κ1) is 37.8. The van der Waals surface area contributed by atoms with Crippen LogP contribution in [0.2, 0.25) is 0 Å². The minimum atomic E-state index is -1.42. The van der Waals surface area contributed by atoms with Crippen LogP contribution in [0.1, 0.15) is 137 Å². The number of aliphatic hydroxyl groups excluding tert-OH is 3. The number of amides is 2. The van der Waals surface area contributed by atoms with Crippen LogP contribution in [0, 0.1) is 5.92 Å². The number of aliphatic hydroxyl groups is 3. The van der Waals surface area contributed by atoms with Gasteiger partial charge < -0.3 is 36.0 Å². The van der Waals surface area contributed by atoms with Gasteiger partial charge in [0.05, 0.1) is 12.6 Å². The third-order valence-corrected chi connectivity index (χ3v) is 8.15. The number of unbranched alkanes of at least 4 members (excludes halogenated alkanes) is 13. The Morgan fingerprint density at radius 1 is 0.829 bits per heavy atom. The molecule has 1 saturated heterocycles. The molecule has 0 bridgehead atoms. The van der Waals surface area contributed by atoms with Gasteiger partial charge in [-0.25, -0.2) is 0 Å². The molecule has 6 atom stereocenters. The Balaban J connectivity index is 2.95. The second-order valence-electron chi connectivity index (χ2n) is 12.4. The maximum Gasteiger partial charge on any atom is 0.237 e. The van der Waals surface area contributed by atoms with E-state index in [1.807, 2.05) is 13.8 Å². The lowest BCUT2D eigenvalue weighted by Crippen LogP contribution is -2.69. The third kappa shape index (κ3) is 14.7. The molecule has 41 heavy (non-hydrogen) atoms. The Kier molecular flexibility index (Phi) is 20.5. The number of nitrogens with one attached hydrogen (secondary N) is 1. The first-order valence-corrected chi connectivity index (χ1v) is 16.7. The van der Waals surface area contributed by atoms with E-state index in [0.717, 1.165) is 51.4 Å². The molecule has 242 valence electrons. The van der Waals surface area contributed by atoms with Gasteiger partial charge >= 0.3 is 0 Å². The predicted octanol–water partition coefficient (Wildman–Crippen LogP) is 4.39. The van der Waals surface area contributed by atoms with Crippen molar-refractivity contribution in [2.24, 2.45) is 11.7 Å². The van der Waals surface area contributed by atoms with Gasteiger partial charge in [-0.3, -0.25) is 9.59 Å². The van der Waals surface area contributed by atoms with Gasteiger partial charge in [0.15, 0.2) is 6.23 Å². The molecule has 0 aromatic carbocycles. The molecular weight excluding hydrogens is 522 g/mol. The highest BCUT2D eigenvalue weighted by molar-refractivity contribution is 5.82. The van der Waals surface area contributed by atoms with Crippen LogP contribution in [0.3, 0.4) is 0 Å². The van der Waals surface area contributed by atoms with E-state index in [4.69, 9.17) is 10.5 Å². The van der Waals surface area contributed by atoms with Crippen molar-refractivity contribution in [3.8, 4) is 0 Å². The summed E-state index contributed by atoms with van der Waals surface area (Å²) in [6.45, 7) is 8.22. The highest BCUT2D eigenvalue weighted by Gasteiger charge is 2.48. The Labute approximate surface area is 250 Å². The van der Waals surface area contributed by atoms with E-state index in [2.05, 4.69) is 19.2 Å². The zero-order valence-electron chi connectivity index (χ0n) is 26.6. The first-order valence-electron chi connectivity index (χ1n) is 16.7. The summed E-state index contributed by atoms with van der Waals surface area (Å²) in [6.07, 6.45) is 12.6. The van der Waals surface area contributed by atoms with E-state index < -0.39 is 49.1 Å². The summed E-state index contributed by atoms with van der Waals surface area (Å²) in [5, 5.41) is 34.3. The van der Waals surface area contributed by atoms with Crippen LogP contribution in [0.15, 0.2) is 0 Å². The van der Waals surface area contributed by atoms with Crippen LogP contribution in [0.25, 0.3) is 0 Å². The summed E-state index contributed by atoms with van der Waals surface area (Å²) in [6, 6.07) is -1.86. The quantitative estimate of drug-likeness (QED) is 0.112. The maximum absolute atomic E-state index is 13.6. The Morgan fingerprint density at radius 3 is 1.85 bits per heavy atom. The van der Waals surface area contributed by atoms with Crippen LogP contribution in [-0.4, -0.2) is 81.8 Å². The summed E-state index contributed by atoms with van der Waals surface area (Å²) in [7, 11) is 0. The number of hydrogen-bond donors (Lipinski definition) is 5. The second kappa shape index (κ2) is 22.3. The largest absolute Gasteiger partial charge is 0.394 e. The van der Waals surface area contributed by atoms with Gasteiger partial charge in [-0.05, 0) is 25.2 Å². The van der Waals surface area contributed by atoms with Crippen LogP contribution >= 0.6 is 0 Å². The van der Waals surface area contributed by atoms with Crippen LogP contribution in [0.5, 0.6) is 0 Å². The topological polar surface area (TPSA) is 145 Å². The van der Waals surface area contributed by atoms with Crippen LogP contribution in [0.4, 0.5) is 0 Å². The number of ether oxygens (including phenoxy) is 1. The molecule has 2 amide bonds. The molecule has 0 aromatic rings. The molecule has 1 rings (SSSR count). The van der Waals surface area contributed by atoms with Crippen LogP contribution < -0.4 is 11.1 Å². The van der Waals surface area contributed by atoms with Crippen molar-refractivity contribution in [2.45, 2.75) is 173 Å². The summed E-state index contributed by atoms with van der Waals surface area (Å²) in [5.41, 5.74) is 6.11. The predicted molar refractivity (Wildman–Crippen MR) is 164 cm³/mol. The van der Waals surface area contributed by atoms with E-state index in [0.29, 0.717) is 19.4 Å². The molecule has 6 N–H and O–H groups in total. The summed E-state index contributed by atoms with van der Waals surface area (Å²) >= 11 is 0. The molecule has 9 heteroatoms. The molecule has 0 aromatic heterocycles. The average Bonchev–Trinajstić information content (AvgIpc) is 2.94. The van der Waals surface area contributed by atoms with Gasteiger partial charge in [-0.15, -0.1) is 0 Å². The van der Waals surface area contributed by atoms with E-state index >= 15 is 0 Å². The fraction of sp³-hybridized carbons (Fsp3) is 0.938. The van der Waals surface area contributed by atoms with Crippen molar-refractivity contribution in [3.63, 3.8) is 0 Å². The molecule has 1 aliphatic heterocycles. The molecule has 1 aliphatic rings. The molecule has 6 unspecified atom stereocenters. The fourth-order valence-electron chi connectivity index (χ4n) is 5.59. The fourth-order valence-corrected chi connectivity index (χ4v) is 5.59. The highest BCUT2D eigenvalue weighted by Crippen LogP contribution is 2.26. The normalized spacial score (nSPS) is 23.5. The number of rotatable bonds is 23. The van der Waals surface area contributed by atoms with Crippen molar-refractivity contribution in [3.05, 3.63) is 0 Å². The molecule has 9 nitrogen and oxygen atoms in total. The number of carbonyl (C=O) groups is 2. The number of hydrogen-bond acceptors (Lipinski definition) is 7. The van der Waals surface area contributed by atoms with Gasteiger partial charge in [0.1, 0.15) is 24.4 Å². The van der Waals surface area contributed by atoms with Crippen molar-refractivity contribution in [2.75, 3.05) is 13.2 Å². The summed E-state index contributed by atoms with van der Waals surface area (Å²) in [4.78, 5) is 28.1. The van der Waals surface area contributed by atoms with E-state index in [1.165, 1.54) is 44.9 Å². The smallest absolute Gasteiger partial charge is 0.237 e. The van der Waals surface area contributed by atoms with E-state index in [-0.39, 0.29) is 11.8 Å². The molecule has 0 radical (unpaired) electrons. The van der Waals surface area contributed by atoms with Crippen molar-refractivity contribution >= 4 is 11.8 Å². The number of nitrogens with zero attached hydrogens (tertiary/aromatic N) is 1. The van der Waals surface area contributed by atoms with E-state index in [1.54, 1.807) is 4.90 Å².